The molecule has 0 aliphatic rings. The van der Waals surface area contributed by atoms with E-state index in [4.69, 9.17) is 32.7 Å². The molecule has 34 heavy (non-hydrogen) atoms. The lowest BCUT2D eigenvalue weighted by Gasteiger charge is -2.11. The molecule has 4 aromatic rings. The molecule has 0 aromatic heterocycles. The maximum atomic E-state index is 12.6. The molecule has 4 aromatic carbocycles. The summed E-state index contributed by atoms with van der Waals surface area (Å²) in [5, 5.41) is 6.67. The number of rotatable bonds is 7. The number of halogens is 2. The number of esters is 1. The van der Waals surface area contributed by atoms with Crippen molar-refractivity contribution in [2.75, 3.05) is 6.61 Å². The standard InChI is InChI=1S/C26H18Cl2N2O4/c27-19-12-9-18(10-13-19)26(32)34-23-14-11-17-5-1-2-6-20(17)21(23)15-29-30-25(31)16-33-24-8-4-3-7-22(24)28/h1-15H,16H2,(H,30,31). The van der Waals surface area contributed by atoms with Crippen LogP contribution in [0, 0.1) is 0 Å². The molecular formula is C26H18Cl2N2O4. The average Bonchev–Trinajstić information content (AvgIpc) is 2.85. The van der Waals surface area contributed by atoms with Crippen LogP contribution in [0.1, 0.15) is 15.9 Å². The predicted octanol–water partition coefficient (Wildman–Crippen LogP) is 5.89. The topological polar surface area (TPSA) is 77.0 Å². The van der Waals surface area contributed by atoms with E-state index in [9.17, 15) is 9.59 Å². The lowest BCUT2D eigenvalue weighted by atomic mass is 10.0. The number of carbonyl (C=O) groups excluding carboxylic acids is 2. The SMILES string of the molecule is O=C(COc1ccccc1Cl)NN=Cc1c(OC(=O)c2ccc(Cl)cc2)ccc2ccccc12. The maximum Gasteiger partial charge on any atom is 0.343 e. The van der Waals surface area contributed by atoms with E-state index >= 15 is 0 Å². The van der Waals surface area contributed by atoms with Crippen LogP contribution in [-0.4, -0.2) is 24.7 Å². The van der Waals surface area contributed by atoms with E-state index in [-0.39, 0.29) is 6.61 Å². The van der Waals surface area contributed by atoms with E-state index in [2.05, 4.69) is 10.5 Å². The number of nitrogens with one attached hydrogen (secondary N) is 1. The van der Waals surface area contributed by atoms with Gasteiger partial charge in [0, 0.05) is 10.6 Å². The van der Waals surface area contributed by atoms with Gasteiger partial charge in [0.15, 0.2) is 6.61 Å². The average molecular weight is 493 g/mol. The number of benzene rings is 4. The summed E-state index contributed by atoms with van der Waals surface area (Å²) in [6.07, 6.45) is 1.43. The van der Waals surface area contributed by atoms with Crippen molar-refractivity contribution in [2.45, 2.75) is 0 Å². The van der Waals surface area contributed by atoms with Crippen LogP contribution in [0.5, 0.6) is 11.5 Å². The minimum absolute atomic E-state index is 0.269. The van der Waals surface area contributed by atoms with Crippen molar-refractivity contribution in [3.05, 3.63) is 106 Å². The minimum atomic E-state index is -0.543. The van der Waals surface area contributed by atoms with Crippen molar-refractivity contribution in [1.82, 2.24) is 5.43 Å². The van der Waals surface area contributed by atoms with Crippen LogP contribution in [0.15, 0.2) is 90.0 Å². The van der Waals surface area contributed by atoms with Gasteiger partial charge in [-0.1, -0.05) is 65.7 Å². The van der Waals surface area contributed by atoms with Gasteiger partial charge in [-0.15, -0.1) is 0 Å². The predicted molar refractivity (Wildman–Crippen MR) is 133 cm³/mol. The molecule has 0 atom stereocenters. The molecule has 0 heterocycles. The zero-order chi connectivity index (χ0) is 23.9. The van der Waals surface area contributed by atoms with Gasteiger partial charge in [0.05, 0.1) is 16.8 Å². The Morgan fingerprint density at radius 3 is 2.38 bits per heavy atom. The Labute approximate surface area is 205 Å². The Balaban J connectivity index is 1.51. The summed E-state index contributed by atoms with van der Waals surface area (Å²) in [6.45, 7) is -0.269. The Hall–Kier alpha value is -3.87. The number of para-hydroxylation sites is 1. The van der Waals surface area contributed by atoms with Crippen molar-refractivity contribution < 1.29 is 19.1 Å². The fourth-order valence-corrected chi connectivity index (χ4v) is 3.46. The molecule has 0 fully saturated rings. The normalized spacial score (nSPS) is 10.9. The molecule has 0 aliphatic heterocycles. The largest absolute Gasteiger partial charge is 0.482 e. The number of carbonyl (C=O) groups is 2. The summed E-state index contributed by atoms with van der Waals surface area (Å²) in [5.41, 5.74) is 3.30. The second kappa shape index (κ2) is 10.8. The van der Waals surface area contributed by atoms with Gasteiger partial charge in [0.1, 0.15) is 11.5 Å². The number of ether oxygens (including phenoxy) is 2. The third kappa shape index (κ3) is 5.73. The highest BCUT2D eigenvalue weighted by Gasteiger charge is 2.14. The summed E-state index contributed by atoms with van der Waals surface area (Å²) < 4.78 is 11.0. The van der Waals surface area contributed by atoms with E-state index in [1.54, 1.807) is 54.6 Å². The fraction of sp³-hybridized carbons (Fsp3) is 0.0385. The van der Waals surface area contributed by atoms with Crippen LogP contribution < -0.4 is 14.9 Å². The number of nitrogens with zero attached hydrogens (tertiary/aromatic N) is 1. The number of hydrogen-bond acceptors (Lipinski definition) is 5. The highest BCUT2D eigenvalue weighted by molar-refractivity contribution is 6.32. The zero-order valence-electron chi connectivity index (χ0n) is 17.7. The fourth-order valence-electron chi connectivity index (χ4n) is 3.15. The van der Waals surface area contributed by atoms with Gasteiger partial charge in [-0.3, -0.25) is 4.79 Å². The molecule has 0 radical (unpaired) electrons. The molecule has 1 N–H and O–H groups in total. The summed E-state index contributed by atoms with van der Waals surface area (Å²) in [7, 11) is 0. The molecule has 0 saturated heterocycles. The highest BCUT2D eigenvalue weighted by atomic mass is 35.5. The third-order valence-corrected chi connectivity index (χ3v) is 5.36. The highest BCUT2D eigenvalue weighted by Crippen LogP contribution is 2.28. The van der Waals surface area contributed by atoms with Crippen molar-refractivity contribution in [1.29, 1.82) is 0 Å². The Morgan fingerprint density at radius 1 is 0.853 bits per heavy atom. The molecule has 0 spiro atoms. The Bertz CT molecular complexity index is 1370. The van der Waals surface area contributed by atoms with Gasteiger partial charge >= 0.3 is 5.97 Å². The van der Waals surface area contributed by atoms with Crippen molar-refractivity contribution in [3.8, 4) is 11.5 Å². The maximum absolute atomic E-state index is 12.6. The molecule has 0 aliphatic carbocycles. The van der Waals surface area contributed by atoms with Gasteiger partial charge in [-0.2, -0.15) is 5.10 Å². The summed E-state index contributed by atoms with van der Waals surface area (Å²) in [5.74, 6) is -0.326. The molecular weight excluding hydrogens is 475 g/mol. The second-order valence-electron chi connectivity index (χ2n) is 7.11. The summed E-state index contributed by atoms with van der Waals surface area (Å²) >= 11 is 11.9. The monoisotopic (exact) mass is 492 g/mol. The minimum Gasteiger partial charge on any atom is -0.482 e. The van der Waals surface area contributed by atoms with Gasteiger partial charge < -0.3 is 9.47 Å². The molecule has 0 bridgehead atoms. The first kappa shape index (κ1) is 23.3. The lowest BCUT2D eigenvalue weighted by molar-refractivity contribution is -0.123. The zero-order valence-corrected chi connectivity index (χ0v) is 19.2. The summed E-state index contributed by atoms with van der Waals surface area (Å²) in [4.78, 5) is 24.8. The van der Waals surface area contributed by atoms with Gasteiger partial charge in [0.25, 0.3) is 5.91 Å². The Kier molecular flexibility index (Phi) is 7.42. The number of hydrogen-bond donors (Lipinski definition) is 1. The quantitative estimate of drug-likeness (QED) is 0.151. The van der Waals surface area contributed by atoms with Crippen LogP contribution in [-0.2, 0) is 4.79 Å². The molecule has 0 unspecified atom stereocenters. The van der Waals surface area contributed by atoms with Crippen LogP contribution in [0.25, 0.3) is 10.8 Å². The van der Waals surface area contributed by atoms with Crippen LogP contribution in [0.4, 0.5) is 0 Å². The van der Waals surface area contributed by atoms with E-state index in [0.29, 0.717) is 32.7 Å². The molecule has 6 nitrogen and oxygen atoms in total. The lowest BCUT2D eigenvalue weighted by Crippen LogP contribution is -2.24. The first-order chi connectivity index (χ1) is 16.5. The Morgan fingerprint density at radius 2 is 1.59 bits per heavy atom. The second-order valence-corrected chi connectivity index (χ2v) is 7.95. The third-order valence-electron chi connectivity index (χ3n) is 4.79. The van der Waals surface area contributed by atoms with E-state index in [1.165, 1.54) is 6.21 Å². The first-order valence-corrected chi connectivity index (χ1v) is 11.0. The van der Waals surface area contributed by atoms with Crippen LogP contribution in [0.2, 0.25) is 10.0 Å². The first-order valence-electron chi connectivity index (χ1n) is 10.2. The molecule has 1 amide bonds. The van der Waals surface area contributed by atoms with Crippen molar-refractivity contribution >= 4 is 52.1 Å². The van der Waals surface area contributed by atoms with Gasteiger partial charge in [0.2, 0.25) is 0 Å². The van der Waals surface area contributed by atoms with Gasteiger partial charge in [-0.05, 0) is 53.2 Å². The van der Waals surface area contributed by atoms with E-state index < -0.39 is 11.9 Å². The van der Waals surface area contributed by atoms with Crippen LogP contribution in [0.3, 0.4) is 0 Å². The van der Waals surface area contributed by atoms with E-state index in [0.717, 1.165) is 10.8 Å². The molecule has 4 rings (SSSR count). The van der Waals surface area contributed by atoms with E-state index in [1.807, 2.05) is 30.3 Å². The molecule has 8 heteroatoms. The van der Waals surface area contributed by atoms with Crippen molar-refractivity contribution in [2.24, 2.45) is 5.10 Å². The molecule has 170 valence electrons. The summed E-state index contributed by atoms with van der Waals surface area (Å²) in [6, 6.07) is 24.3. The number of hydrazone groups is 1. The number of fused-ring (bicyclic) bond motifs is 1. The van der Waals surface area contributed by atoms with Crippen molar-refractivity contribution in [3.63, 3.8) is 0 Å². The molecule has 0 saturated carbocycles. The smallest absolute Gasteiger partial charge is 0.343 e. The van der Waals surface area contributed by atoms with Gasteiger partial charge in [-0.25, -0.2) is 10.2 Å². The van der Waals surface area contributed by atoms with Crippen LogP contribution >= 0.6 is 23.2 Å². The number of amides is 1.